The van der Waals surface area contributed by atoms with Crippen molar-refractivity contribution in [1.82, 2.24) is 5.32 Å². The van der Waals surface area contributed by atoms with Crippen molar-refractivity contribution in [2.45, 2.75) is 25.3 Å². The van der Waals surface area contributed by atoms with Crippen molar-refractivity contribution in [3.63, 3.8) is 0 Å². The van der Waals surface area contributed by atoms with E-state index in [9.17, 15) is 9.59 Å². The van der Waals surface area contributed by atoms with Crippen LogP contribution >= 0.6 is 0 Å². The molecule has 1 aliphatic rings. The summed E-state index contributed by atoms with van der Waals surface area (Å²) in [5.41, 5.74) is 0. The molecule has 90 valence electrons. The summed E-state index contributed by atoms with van der Waals surface area (Å²) in [7, 11) is 0. The number of carbonyl (C=O) groups excluding carboxylic acids is 1. The van der Waals surface area contributed by atoms with E-state index in [4.69, 9.17) is 9.84 Å². The fourth-order valence-corrected chi connectivity index (χ4v) is 1.57. The third kappa shape index (κ3) is 3.66. The molecule has 1 rings (SSSR count). The molecule has 1 saturated heterocycles. The van der Waals surface area contributed by atoms with Crippen LogP contribution in [0.4, 0.5) is 0 Å². The van der Waals surface area contributed by atoms with E-state index in [1.54, 1.807) is 6.08 Å². The van der Waals surface area contributed by atoms with Crippen molar-refractivity contribution in [2.75, 3.05) is 13.2 Å². The van der Waals surface area contributed by atoms with Gasteiger partial charge in [0.25, 0.3) is 0 Å². The van der Waals surface area contributed by atoms with Gasteiger partial charge in [-0.15, -0.1) is 6.58 Å². The van der Waals surface area contributed by atoms with Crippen LogP contribution in [0.25, 0.3) is 0 Å². The lowest BCUT2D eigenvalue weighted by Crippen LogP contribution is -2.43. The van der Waals surface area contributed by atoms with Gasteiger partial charge in [0, 0.05) is 6.61 Å². The molecule has 0 aliphatic carbocycles. The van der Waals surface area contributed by atoms with Crippen molar-refractivity contribution in [2.24, 2.45) is 5.92 Å². The Morgan fingerprint density at radius 1 is 1.62 bits per heavy atom. The number of rotatable bonds is 6. The Balaban J connectivity index is 2.43. The lowest BCUT2D eigenvalue weighted by Gasteiger charge is -2.15. The van der Waals surface area contributed by atoms with Crippen molar-refractivity contribution in [3.8, 4) is 0 Å². The fourth-order valence-electron chi connectivity index (χ4n) is 1.57. The first-order chi connectivity index (χ1) is 7.65. The van der Waals surface area contributed by atoms with E-state index >= 15 is 0 Å². The molecule has 0 radical (unpaired) electrons. The molecular formula is C11H17NO4. The first-order valence-electron chi connectivity index (χ1n) is 5.37. The Labute approximate surface area is 94.5 Å². The predicted octanol–water partition coefficient (Wildman–Crippen LogP) is 0.558. The van der Waals surface area contributed by atoms with Gasteiger partial charge in [0.1, 0.15) is 6.04 Å². The van der Waals surface area contributed by atoms with Gasteiger partial charge in [-0.05, 0) is 19.3 Å². The maximum absolute atomic E-state index is 11.6. The van der Waals surface area contributed by atoms with Crippen molar-refractivity contribution in [3.05, 3.63) is 12.7 Å². The van der Waals surface area contributed by atoms with Crippen LogP contribution in [0.5, 0.6) is 0 Å². The summed E-state index contributed by atoms with van der Waals surface area (Å²) >= 11 is 0. The van der Waals surface area contributed by atoms with Crippen LogP contribution in [0.15, 0.2) is 12.7 Å². The molecule has 1 aliphatic heterocycles. The smallest absolute Gasteiger partial charge is 0.326 e. The van der Waals surface area contributed by atoms with Gasteiger partial charge in [-0.2, -0.15) is 0 Å². The van der Waals surface area contributed by atoms with Crippen LogP contribution in [0.3, 0.4) is 0 Å². The van der Waals surface area contributed by atoms with Crippen LogP contribution in [0.1, 0.15) is 19.3 Å². The van der Waals surface area contributed by atoms with E-state index in [0.717, 1.165) is 0 Å². The van der Waals surface area contributed by atoms with Gasteiger partial charge in [0.15, 0.2) is 0 Å². The maximum Gasteiger partial charge on any atom is 0.326 e. The van der Waals surface area contributed by atoms with Crippen LogP contribution in [-0.4, -0.2) is 36.2 Å². The standard InChI is InChI=1S/C11H17NO4/c1-2-3-4-9(11(14)15)12-10(13)8-5-6-16-7-8/h2,8-9H,1,3-7H2,(H,12,13)(H,14,15). The zero-order chi connectivity index (χ0) is 12.0. The van der Waals surface area contributed by atoms with Crippen molar-refractivity contribution in [1.29, 1.82) is 0 Å². The molecule has 0 bridgehead atoms. The van der Waals surface area contributed by atoms with E-state index in [-0.39, 0.29) is 11.8 Å². The molecule has 0 aromatic heterocycles. The number of carboxylic acid groups (broad SMARTS) is 1. The molecule has 2 unspecified atom stereocenters. The zero-order valence-corrected chi connectivity index (χ0v) is 9.15. The average Bonchev–Trinajstić information content (AvgIpc) is 2.76. The molecule has 0 aromatic rings. The highest BCUT2D eigenvalue weighted by Crippen LogP contribution is 2.12. The summed E-state index contributed by atoms with van der Waals surface area (Å²) < 4.78 is 5.08. The molecule has 16 heavy (non-hydrogen) atoms. The molecule has 5 nitrogen and oxygen atoms in total. The van der Waals surface area contributed by atoms with E-state index in [2.05, 4.69) is 11.9 Å². The summed E-state index contributed by atoms with van der Waals surface area (Å²) in [4.78, 5) is 22.5. The summed E-state index contributed by atoms with van der Waals surface area (Å²) in [6.07, 6.45) is 3.25. The molecule has 1 heterocycles. The lowest BCUT2D eigenvalue weighted by molar-refractivity contribution is -0.142. The van der Waals surface area contributed by atoms with E-state index < -0.39 is 12.0 Å². The van der Waals surface area contributed by atoms with Crippen LogP contribution in [0.2, 0.25) is 0 Å². The Morgan fingerprint density at radius 2 is 2.38 bits per heavy atom. The highest BCUT2D eigenvalue weighted by atomic mass is 16.5. The zero-order valence-electron chi connectivity index (χ0n) is 9.15. The molecule has 1 fully saturated rings. The first kappa shape index (κ1) is 12.7. The van der Waals surface area contributed by atoms with Crippen LogP contribution < -0.4 is 5.32 Å². The Morgan fingerprint density at radius 3 is 2.88 bits per heavy atom. The number of hydrogen-bond donors (Lipinski definition) is 2. The number of aliphatic carboxylic acids is 1. The number of ether oxygens (including phenoxy) is 1. The fraction of sp³-hybridized carbons (Fsp3) is 0.636. The molecule has 0 saturated carbocycles. The van der Waals surface area contributed by atoms with Gasteiger partial charge in [-0.1, -0.05) is 6.08 Å². The summed E-state index contributed by atoms with van der Waals surface area (Å²) in [6, 6.07) is -0.828. The first-order valence-corrected chi connectivity index (χ1v) is 5.37. The van der Waals surface area contributed by atoms with Gasteiger partial charge >= 0.3 is 5.97 Å². The minimum Gasteiger partial charge on any atom is -0.480 e. The van der Waals surface area contributed by atoms with Crippen molar-refractivity contribution >= 4 is 11.9 Å². The Kier molecular flexibility index (Phi) is 4.98. The molecule has 2 N–H and O–H groups in total. The largest absolute Gasteiger partial charge is 0.480 e. The average molecular weight is 227 g/mol. The topological polar surface area (TPSA) is 75.6 Å². The number of hydrogen-bond acceptors (Lipinski definition) is 3. The molecule has 0 aromatic carbocycles. The van der Waals surface area contributed by atoms with Crippen molar-refractivity contribution < 1.29 is 19.4 Å². The van der Waals surface area contributed by atoms with Gasteiger partial charge in [-0.3, -0.25) is 4.79 Å². The van der Waals surface area contributed by atoms with Gasteiger partial charge in [0.2, 0.25) is 5.91 Å². The lowest BCUT2D eigenvalue weighted by atomic mass is 10.1. The molecule has 1 amide bonds. The predicted molar refractivity (Wildman–Crippen MR) is 57.9 cm³/mol. The molecule has 2 atom stereocenters. The van der Waals surface area contributed by atoms with E-state index in [1.807, 2.05) is 0 Å². The van der Waals surface area contributed by atoms with Gasteiger partial charge in [-0.25, -0.2) is 4.79 Å². The summed E-state index contributed by atoms with van der Waals surface area (Å²) in [6.45, 7) is 4.48. The Hall–Kier alpha value is -1.36. The second-order valence-electron chi connectivity index (χ2n) is 3.83. The van der Waals surface area contributed by atoms with Crippen LogP contribution in [0, 0.1) is 5.92 Å². The number of nitrogens with one attached hydrogen (secondary N) is 1. The number of allylic oxidation sites excluding steroid dienone is 1. The Bertz CT molecular complexity index is 271. The number of carbonyl (C=O) groups is 2. The third-order valence-electron chi connectivity index (χ3n) is 2.57. The minimum absolute atomic E-state index is 0.203. The highest BCUT2D eigenvalue weighted by molar-refractivity contribution is 5.85. The van der Waals surface area contributed by atoms with Gasteiger partial charge < -0.3 is 15.2 Å². The minimum atomic E-state index is -1.01. The molecule has 0 spiro atoms. The highest BCUT2D eigenvalue weighted by Gasteiger charge is 2.27. The molecular weight excluding hydrogens is 210 g/mol. The second kappa shape index (κ2) is 6.27. The van der Waals surface area contributed by atoms with E-state index in [1.165, 1.54) is 0 Å². The molecule has 5 heteroatoms. The van der Waals surface area contributed by atoms with E-state index in [0.29, 0.717) is 32.5 Å². The quantitative estimate of drug-likeness (QED) is 0.650. The third-order valence-corrected chi connectivity index (χ3v) is 2.57. The number of carboxylic acids is 1. The summed E-state index contributed by atoms with van der Waals surface area (Å²) in [5, 5.41) is 11.4. The summed E-state index contributed by atoms with van der Waals surface area (Å²) in [5.74, 6) is -1.44. The second-order valence-corrected chi connectivity index (χ2v) is 3.83. The SMILES string of the molecule is C=CCCC(NC(=O)C1CCOC1)C(=O)O. The number of amides is 1. The monoisotopic (exact) mass is 227 g/mol. The maximum atomic E-state index is 11.6. The van der Waals surface area contributed by atoms with Crippen LogP contribution in [-0.2, 0) is 14.3 Å². The van der Waals surface area contributed by atoms with Gasteiger partial charge in [0.05, 0.1) is 12.5 Å². The normalized spacial score (nSPS) is 21.4.